The van der Waals surface area contributed by atoms with Crippen LogP contribution < -0.4 is 10.1 Å². The number of rotatable bonds is 5. The Labute approximate surface area is 179 Å². The molecule has 0 atom stereocenters. The topological polar surface area (TPSA) is 51.2 Å². The fourth-order valence-electron chi connectivity index (χ4n) is 2.80. The molecule has 0 bridgehead atoms. The maximum Gasteiger partial charge on any atom is 0.248 e. The number of pyridine rings is 1. The lowest BCUT2D eigenvalue weighted by Crippen LogP contribution is -2.13. The van der Waals surface area contributed by atoms with E-state index in [0.29, 0.717) is 11.6 Å². The quantitative estimate of drug-likeness (QED) is 0.446. The number of carbonyl (C=O) groups excluding carboxylic acids is 1. The Morgan fingerprint density at radius 3 is 2.62 bits per heavy atom. The second-order valence-corrected chi connectivity index (χ2v) is 8.50. The van der Waals surface area contributed by atoms with Crippen LogP contribution in [0, 0.1) is 0 Å². The third-order valence-corrected chi connectivity index (χ3v) is 4.70. The number of para-hydroxylation sites is 1. The lowest BCUT2D eigenvalue weighted by atomic mass is 9.86. The van der Waals surface area contributed by atoms with Crippen LogP contribution in [0.25, 0.3) is 6.08 Å². The third-order valence-electron chi connectivity index (χ3n) is 4.21. The van der Waals surface area contributed by atoms with Crippen molar-refractivity contribution in [3.63, 3.8) is 0 Å². The molecule has 0 unspecified atom stereocenters. The van der Waals surface area contributed by atoms with Crippen molar-refractivity contribution in [3.05, 3.63) is 88.5 Å². The van der Waals surface area contributed by atoms with Crippen molar-refractivity contribution in [2.45, 2.75) is 26.2 Å². The Kier molecular flexibility index (Phi) is 6.49. The largest absolute Gasteiger partial charge is 0.437 e. The van der Waals surface area contributed by atoms with Crippen LogP contribution in [-0.4, -0.2) is 10.9 Å². The molecule has 29 heavy (non-hydrogen) atoms. The number of benzene rings is 2. The van der Waals surface area contributed by atoms with Crippen LogP contribution in [-0.2, 0) is 10.2 Å². The molecule has 0 saturated heterocycles. The molecule has 1 aromatic heterocycles. The molecule has 0 aliphatic rings. The highest BCUT2D eigenvalue weighted by molar-refractivity contribution is 9.10. The lowest BCUT2D eigenvalue weighted by Gasteiger charge is -2.22. The summed E-state index contributed by atoms with van der Waals surface area (Å²) in [6, 6.07) is 19.1. The minimum absolute atomic E-state index is 0.0819. The van der Waals surface area contributed by atoms with E-state index in [0.717, 1.165) is 21.3 Å². The zero-order chi connectivity index (χ0) is 20.9. The summed E-state index contributed by atoms with van der Waals surface area (Å²) >= 11 is 3.42. The molecule has 0 saturated carbocycles. The molecule has 1 N–H and O–H groups in total. The average Bonchev–Trinajstić information content (AvgIpc) is 2.68. The van der Waals surface area contributed by atoms with E-state index in [9.17, 15) is 4.79 Å². The number of nitrogens with zero attached hydrogens (tertiary/aromatic N) is 1. The summed E-state index contributed by atoms with van der Waals surface area (Å²) in [5.74, 6) is 0.819. The minimum atomic E-state index is -0.257. The summed E-state index contributed by atoms with van der Waals surface area (Å²) in [6.45, 7) is 6.38. The average molecular weight is 451 g/mol. The Morgan fingerprint density at radius 1 is 1.07 bits per heavy atom. The van der Waals surface area contributed by atoms with Crippen molar-refractivity contribution in [1.29, 1.82) is 0 Å². The van der Waals surface area contributed by atoms with Crippen molar-refractivity contribution in [1.82, 2.24) is 4.98 Å². The second-order valence-electron chi connectivity index (χ2n) is 7.58. The highest BCUT2D eigenvalue weighted by Gasteiger charge is 2.20. The van der Waals surface area contributed by atoms with Crippen molar-refractivity contribution in [3.8, 4) is 11.6 Å². The molecule has 5 heteroatoms. The van der Waals surface area contributed by atoms with Crippen molar-refractivity contribution < 1.29 is 9.53 Å². The van der Waals surface area contributed by atoms with Gasteiger partial charge in [0.15, 0.2) is 0 Å². The van der Waals surface area contributed by atoms with Crippen LogP contribution in [0.5, 0.6) is 11.6 Å². The summed E-state index contributed by atoms with van der Waals surface area (Å²) in [4.78, 5) is 16.7. The van der Waals surface area contributed by atoms with Gasteiger partial charge in [-0.15, -0.1) is 0 Å². The predicted molar refractivity (Wildman–Crippen MR) is 121 cm³/mol. The summed E-state index contributed by atoms with van der Waals surface area (Å²) in [7, 11) is 0. The van der Waals surface area contributed by atoms with Gasteiger partial charge < -0.3 is 10.1 Å². The van der Waals surface area contributed by atoms with Crippen LogP contribution in [0.15, 0.2) is 77.4 Å². The number of aromatic nitrogens is 1. The number of hydrogen-bond acceptors (Lipinski definition) is 3. The van der Waals surface area contributed by atoms with Gasteiger partial charge in [-0.1, -0.05) is 67.0 Å². The Bertz CT molecular complexity index is 1040. The van der Waals surface area contributed by atoms with E-state index in [2.05, 4.69) is 47.0 Å². The van der Waals surface area contributed by atoms with Crippen LogP contribution >= 0.6 is 15.9 Å². The van der Waals surface area contributed by atoms with Gasteiger partial charge in [0.1, 0.15) is 11.4 Å². The number of ether oxygens (including phenoxy) is 1. The molecular formula is C24H23BrN2O2. The number of anilines is 1. The van der Waals surface area contributed by atoms with Gasteiger partial charge in [-0.25, -0.2) is 4.98 Å². The number of amides is 1. The van der Waals surface area contributed by atoms with Gasteiger partial charge in [0.25, 0.3) is 0 Å². The van der Waals surface area contributed by atoms with Gasteiger partial charge in [0, 0.05) is 22.3 Å². The van der Waals surface area contributed by atoms with Crippen molar-refractivity contribution in [2.75, 3.05) is 5.32 Å². The van der Waals surface area contributed by atoms with Crippen LogP contribution in [0.1, 0.15) is 31.9 Å². The maximum absolute atomic E-state index is 12.4. The maximum atomic E-state index is 12.4. The lowest BCUT2D eigenvalue weighted by molar-refractivity contribution is -0.111. The van der Waals surface area contributed by atoms with E-state index in [-0.39, 0.29) is 11.3 Å². The number of carbonyl (C=O) groups is 1. The van der Waals surface area contributed by atoms with E-state index < -0.39 is 0 Å². The standard InChI is InChI=1S/C24H23BrN2O2/c1-24(2,3)19-10-4-5-12-21(19)29-23-20(11-7-15-26-23)27-22(28)14-13-17-8-6-9-18(25)16-17/h4-16H,1-3H3,(H,27,28)/b14-13+. The van der Waals surface area contributed by atoms with E-state index in [1.54, 1.807) is 24.4 Å². The summed E-state index contributed by atoms with van der Waals surface area (Å²) in [5, 5.41) is 2.85. The van der Waals surface area contributed by atoms with Gasteiger partial charge in [-0.2, -0.15) is 0 Å². The van der Waals surface area contributed by atoms with Crippen molar-refractivity contribution >= 4 is 33.6 Å². The highest BCUT2D eigenvalue weighted by Crippen LogP contribution is 2.35. The molecule has 0 spiro atoms. The Morgan fingerprint density at radius 2 is 1.86 bits per heavy atom. The molecule has 3 aromatic rings. The first-order chi connectivity index (χ1) is 13.8. The van der Waals surface area contributed by atoms with Crippen molar-refractivity contribution in [2.24, 2.45) is 0 Å². The Hall–Kier alpha value is -2.92. The summed E-state index contributed by atoms with van der Waals surface area (Å²) in [5.41, 5.74) is 2.43. The molecule has 148 valence electrons. The molecule has 0 fully saturated rings. The smallest absolute Gasteiger partial charge is 0.248 e. The van der Waals surface area contributed by atoms with Crippen LogP contribution in [0.2, 0.25) is 0 Å². The fraction of sp³-hybridized carbons (Fsp3) is 0.167. The predicted octanol–water partition coefficient (Wildman–Crippen LogP) is 6.59. The van der Waals surface area contributed by atoms with E-state index >= 15 is 0 Å². The monoisotopic (exact) mass is 450 g/mol. The first-order valence-corrected chi connectivity index (χ1v) is 10.1. The van der Waals surface area contributed by atoms with E-state index in [1.807, 2.05) is 48.5 Å². The fourth-order valence-corrected chi connectivity index (χ4v) is 3.22. The molecule has 4 nitrogen and oxygen atoms in total. The molecule has 2 aromatic carbocycles. The van der Waals surface area contributed by atoms with Crippen LogP contribution in [0.3, 0.4) is 0 Å². The summed E-state index contributed by atoms with van der Waals surface area (Å²) in [6.07, 6.45) is 4.88. The molecule has 1 heterocycles. The van der Waals surface area contributed by atoms with Gasteiger partial charge in [0.05, 0.1) is 0 Å². The Balaban J connectivity index is 1.79. The number of hydrogen-bond donors (Lipinski definition) is 1. The summed E-state index contributed by atoms with van der Waals surface area (Å²) < 4.78 is 7.05. The molecule has 1 amide bonds. The second kappa shape index (κ2) is 9.05. The highest BCUT2D eigenvalue weighted by atomic mass is 79.9. The zero-order valence-electron chi connectivity index (χ0n) is 16.6. The zero-order valence-corrected chi connectivity index (χ0v) is 18.2. The van der Waals surface area contributed by atoms with Gasteiger partial charge >= 0.3 is 0 Å². The molecular weight excluding hydrogens is 428 g/mol. The minimum Gasteiger partial charge on any atom is -0.437 e. The van der Waals surface area contributed by atoms with E-state index in [1.165, 1.54) is 6.08 Å². The number of halogens is 1. The molecule has 0 radical (unpaired) electrons. The van der Waals surface area contributed by atoms with Gasteiger partial charge in [-0.05, 0) is 47.4 Å². The van der Waals surface area contributed by atoms with Gasteiger partial charge in [0.2, 0.25) is 11.8 Å². The normalized spacial score (nSPS) is 11.4. The third kappa shape index (κ3) is 5.78. The molecule has 0 aliphatic heterocycles. The number of nitrogens with one attached hydrogen (secondary N) is 1. The SMILES string of the molecule is CC(C)(C)c1ccccc1Oc1ncccc1NC(=O)/C=C/c1cccc(Br)c1. The van der Waals surface area contributed by atoms with Crippen LogP contribution in [0.4, 0.5) is 5.69 Å². The van der Waals surface area contributed by atoms with E-state index in [4.69, 9.17) is 4.74 Å². The van der Waals surface area contributed by atoms with Gasteiger partial charge in [-0.3, -0.25) is 4.79 Å². The first kappa shape index (κ1) is 20.8. The first-order valence-electron chi connectivity index (χ1n) is 9.30. The molecule has 3 rings (SSSR count). The molecule has 0 aliphatic carbocycles.